The van der Waals surface area contributed by atoms with Crippen LogP contribution in [0.1, 0.15) is 5.56 Å². The van der Waals surface area contributed by atoms with Crippen molar-refractivity contribution in [3.63, 3.8) is 0 Å². The van der Waals surface area contributed by atoms with Gasteiger partial charge in [0.2, 0.25) is 0 Å². The Morgan fingerprint density at radius 3 is 2.57 bits per heavy atom. The van der Waals surface area contributed by atoms with Crippen molar-refractivity contribution in [1.29, 1.82) is 0 Å². The summed E-state index contributed by atoms with van der Waals surface area (Å²) in [5, 5.41) is 0. The number of hydrogen-bond donors (Lipinski definition) is 2. The van der Waals surface area contributed by atoms with Gasteiger partial charge in [-0.05, 0) is 36.8 Å². The van der Waals surface area contributed by atoms with Gasteiger partial charge in [0.1, 0.15) is 5.76 Å². The van der Waals surface area contributed by atoms with Crippen molar-refractivity contribution in [3.05, 3.63) is 36.1 Å². The van der Waals surface area contributed by atoms with E-state index in [4.69, 9.17) is 15.9 Å². The van der Waals surface area contributed by atoms with E-state index in [1.54, 1.807) is 6.26 Å². The number of benzene rings is 1. The minimum atomic E-state index is 0.687. The summed E-state index contributed by atoms with van der Waals surface area (Å²) in [6.07, 6.45) is 1.62. The van der Waals surface area contributed by atoms with Crippen LogP contribution in [-0.4, -0.2) is 0 Å². The number of furan rings is 1. The fraction of sp³-hybridized carbons (Fsp3) is 0.0909. The van der Waals surface area contributed by atoms with E-state index in [-0.39, 0.29) is 0 Å². The number of aryl methyl sites for hydroxylation is 1. The van der Waals surface area contributed by atoms with Crippen LogP contribution in [0, 0.1) is 6.92 Å². The summed E-state index contributed by atoms with van der Waals surface area (Å²) < 4.78 is 5.26. The molecule has 0 amide bonds. The molecule has 1 aromatic carbocycles. The fourth-order valence-corrected chi connectivity index (χ4v) is 1.39. The standard InChI is InChI=1S/C11H12N2O/c1-7-5-10(13)8(6-9(7)12)11-3-2-4-14-11/h2-6H,12-13H2,1H3. The summed E-state index contributed by atoms with van der Waals surface area (Å²) in [6, 6.07) is 7.38. The van der Waals surface area contributed by atoms with Gasteiger partial charge in [-0.15, -0.1) is 0 Å². The van der Waals surface area contributed by atoms with Gasteiger partial charge < -0.3 is 15.9 Å². The zero-order valence-corrected chi connectivity index (χ0v) is 7.95. The third kappa shape index (κ3) is 1.33. The molecule has 0 saturated heterocycles. The molecule has 2 rings (SSSR count). The van der Waals surface area contributed by atoms with Gasteiger partial charge in [0, 0.05) is 16.9 Å². The molecule has 0 spiro atoms. The Hall–Kier alpha value is -1.90. The van der Waals surface area contributed by atoms with Crippen LogP contribution in [0.25, 0.3) is 11.3 Å². The van der Waals surface area contributed by atoms with Gasteiger partial charge in [0.05, 0.1) is 6.26 Å². The van der Waals surface area contributed by atoms with Crippen LogP contribution < -0.4 is 11.5 Å². The number of hydrogen-bond acceptors (Lipinski definition) is 3. The molecular formula is C11H12N2O. The van der Waals surface area contributed by atoms with Gasteiger partial charge in [-0.2, -0.15) is 0 Å². The molecule has 0 radical (unpaired) electrons. The van der Waals surface area contributed by atoms with E-state index in [2.05, 4.69) is 0 Å². The van der Waals surface area contributed by atoms with Crippen molar-refractivity contribution in [2.75, 3.05) is 11.5 Å². The topological polar surface area (TPSA) is 65.2 Å². The van der Waals surface area contributed by atoms with Gasteiger partial charge in [-0.1, -0.05) is 0 Å². The average Bonchev–Trinajstić information content (AvgIpc) is 2.64. The third-order valence-corrected chi connectivity index (χ3v) is 2.22. The SMILES string of the molecule is Cc1cc(N)c(-c2ccco2)cc1N. The molecular weight excluding hydrogens is 176 g/mol. The number of rotatable bonds is 1. The normalized spacial score (nSPS) is 10.4. The molecule has 0 unspecified atom stereocenters. The van der Waals surface area contributed by atoms with E-state index in [0.29, 0.717) is 5.69 Å². The lowest BCUT2D eigenvalue weighted by molar-refractivity contribution is 0.582. The molecule has 0 atom stereocenters. The average molecular weight is 188 g/mol. The zero-order chi connectivity index (χ0) is 10.1. The van der Waals surface area contributed by atoms with E-state index in [0.717, 1.165) is 22.6 Å². The minimum absolute atomic E-state index is 0.687. The molecule has 0 fully saturated rings. The molecule has 0 aliphatic heterocycles. The molecule has 1 heterocycles. The molecule has 0 saturated carbocycles. The van der Waals surface area contributed by atoms with Crippen molar-refractivity contribution < 1.29 is 4.42 Å². The number of anilines is 2. The van der Waals surface area contributed by atoms with Crippen molar-refractivity contribution in [3.8, 4) is 11.3 Å². The predicted octanol–water partition coefficient (Wildman–Crippen LogP) is 2.42. The summed E-state index contributed by atoms with van der Waals surface area (Å²) in [7, 11) is 0. The predicted molar refractivity (Wildman–Crippen MR) is 57.7 cm³/mol. The first-order chi connectivity index (χ1) is 6.68. The highest BCUT2D eigenvalue weighted by atomic mass is 16.3. The zero-order valence-electron chi connectivity index (χ0n) is 7.95. The molecule has 14 heavy (non-hydrogen) atoms. The maximum absolute atomic E-state index is 5.87. The van der Waals surface area contributed by atoms with Crippen LogP contribution in [0.2, 0.25) is 0 Å². The van der Waals surface area contributed by atoms with Crippen LogP contribution in [-0.2, 0) is 0 Å². The minimum Gasteiger partial charge on any atom is -0.464 e. The third-order valence-electron chi connectivity index (χ3n) is 2.22. The van der Waals surface area contributed by atoms with Gasteiger partial charge in [-0.3, -0.25) is 0 Å². The molecule has 3 nitrogen and oxygen atoms in total. The van der Waals surface area contributed by atoms with Gasteiger partial charge in [0.15, 0.2) is 0 Å². The van der Waals surface area contributed by atoms with Crippen LogP contribution in [0.15, 0.2) is 34.9 Å². The van der Waals surface area contributed by atoms with Crippen molar-refractivity contribution in [2.45, 2.75) is 6.92 Å². The van der Waals surface area contributed by atoms with Crippen molar-refractivity contribution in [2.24, 2.45) is 0 Å². The van der Waals surface area contributed by atoms with E-state index in [9.17, 15) is 0 Å². The summed E-state index contributed by atoms with van der Waals surface area (Å²) in [6.45, 7) is 1.93. The maximum Gasteiger partial charge on any atom is 0.135 e. The number of nitrogen functional groups attached to an aromatic ring is 2. The van der Waals surface area contributed by atoms with Crippen molar-refractivity contribution >= 4 is 11.4 Å². The largest absolute Gasteiger partial charge is 0.464 e. The van der Waals surface area contributed by atoms with Gasteiger partial charge in [0.25, 0.3) is 0 Å². The Labute approximate surface area is 82.3 Å². The summed E-state index contributed by atoms with van der Waals surface area (Å²) in [4.78, 5) is 0. The second kappa shape index (κ2) is 3.10. The quantitative estimate of drug-likeness (QED) is 0.675. The van der Waals surface area contributed by atoms with Gasteiger partial charge >= 0.3 is 0 Å². The summed E-state index contributed by atoms with van der Waals surface area (Å²) >= 11 is 0. The highest BCUT2D eigenvalue weighted by Gasteiger charge is 2.07. The highest BCUT2D eigenvalue weighted by molar-refractivity contribution is 5.77. The summed E-state index contributed by atoms with van der Waals surface area (Å²) in [5.41, 5.74) is 14.9. The lowest BCUT2D eigenvalue weighted by atomic mass is 10.1. The lowest BCUT2D eigenvalue weighted by Crippen LogP contribution is -1.95. The number of nitrogens with two attached hydrogens (primary N) is 2. The van der Waals surface area contributed by atoms with E-state index in [1.807, 2.05) is 31.2 Å². The van der Waals surface area contributed by atoms with Crippen LogP contribution >= 0.6 is 0 Å². The Morgan fingerprint density at radius 1 is 1.14 bits per heavy atom. The first-order valence-corrected chi connectivity index (χ1v) is 4.38. The van der Waals surface area contributed by atoms with Crippen LogP contribution in [0.3, 0.4) is 0 Å². The van der Waals surface area contributed by atoms with E-state index in [1.165, 1.54) is 0 Å². The molecule has 0 aliphatic rings. The molecule has 0 bridgehead atoms. The molecule has 72 valence electrons. The van der Waals surface area contributed by atoms with Crippen LogP contribution in [0.4, 0.5) is 11.4 Å². The second-order valence-electron chi connectivity index (χ2n) is 3.27. The summed E-state index contributed by atoms with van der Waals surface area (Å²) in [5.74, 6) is 0.745. The van der Waals surface area contributed by atoms with E-state index < -0.39 is 0 Å². The monoisotopic (exact) mass is 188 g/mol. The highest BCUT2D eigenvalue weighted by Crippen LogP contribution is 2.30. The Morgan fingerprint density at radius 2 is 1.93 bits per heavy atom. The Bertz CT molecular complexity index is 447. The molecule has 0 aliphatic carbocycles. The van der Waals surface area contributed by atoms with E-state index >= 15 is 0 Å². The first kappa shape index (κ1) is 8.69. The van der Waals surface area contributed by atoms with Gasteiger partial charge in [-0.25, -0.2) is 0 Å². The van der Waals surface area contributed by atoms with Crippen molar-refractivity contribution in [1.82, 2.24) is 0 Å². The fourth-order valence-electron chi connectivity index (χ4n) is 1.39. The smallest absolute Gasteiger partial charge is 0.135 e. The maximum atomic E-state index is 5.87. The molecule has 4 N–H and O–H groups in total. The first-order valence-electron chi connectivity index (χ1n) is 4.38. The molecule has 1 aromatic heterocycles. The lowest BCUT2D eigenvalue weighted by Gasteiger charge is -2.06. The molecule has 2 aromatic rings. The molecule has 3 heteroatoms. The van der Waals surface area contributed by atoms with Crippen LogP contribution in [0.5, 0.6) is 0 Å². The Kier molecular flexibility index (Phi) is 1.93. The Balaban J connectivity index is 2.60. The second-order valence-corrected chi connectivity index (χ2v) is 3.27.